The fourth-order valence-corrected chi connectivity index (χ4v) is 2.85. The van der Waals surface area contributed by atoms with E-state index in [2.05, 4.69) is 5.32 Å². The normalized spacial score (nSPS) is 12.7. The predicted molar refractivity (Wildman–Crippen MR) is 104 cm³/mol. The van der Waals surface area contributed by atoms with E-state index in [0.29, 0.717) is 23.1 Å². The van der Waals surface area contributed by atoms with Crippen molar-refractivity contribution in [2.75, 3.05) is 20.8 Å². The molecule has 7 nitrogen and oxygen atoms in total. The molecule has 0 radical (unpaired) electrons. The second-order valence-corrected chi connectivity index (χ2v) is 6.39. The zero-order valence-electron chi connectivity index (χ0n) is 16.5. The molecular formula is C21H25NO6. The Bertz CT molecular complexity index is 863. The Morgan fingerprint density at radius 2 is 1.71 bits per heavy atom. The molecule has 0 saturated heterocycles. The van der Waals surface area contributed by atoms with E-state index in [1.165, 1.54) is 7.11 Å². The maximum absolute atomic E-state index is 12.5. The van der Waals surface area contributed by atoms with Crippen molar-refractivity contribution in [2.45, 2.75) is 26.3 Å². The van der Waals surface area contributed by atoms with Crippen molar-refractivity contribution in [3.05, 3.63) is 42.0 Å². The number of rotatable bonds is 8. The zero-order valence-corrected chi connectivity index (χ0v) is 16.5. The van der Waals surface area contributed by atoms with Crippen molar-refractivity contribution < 1.29 is 28.6 Å². The van der Waals surface area contributed by atoms with Gasteiger partial charge in [-0.05, 0) is 23.4 Å². The van der Waals surface area contributed by atoms with E-state index in [-0.39, 0.29) is 5.92 Å². The van der Waals surface area contributed by atoms with Gasteiger partial charge in [-0.15, -0.1) is 0 Å². The van der Waals surface area contributed by atoms with Crippen LogP contribution in [-0.2, 0) is 19.1 Å². The average Bonchev–Trinajstić information content (AvgIpc) is 2.73. The maximum Gasteiger partial charge on any atom is 0.339 e. The van der Waals surface area contributed by atoms with Crippen LogP contribution in [0.5, 0.6) is 5.75 Å². The fraction of sp³-hybridized carbons (Fsp3) is 0.381. The summed E-state index contributed by atoms with van der Waals surface area (Å²) in [4.78, 5) is 36.5. The first kappa shape index (κ1) is 21.2. The minimum Gasteiger partial charge on any atom is -0.496 e. The lowest BCUT2D eigenvalue weighted by Gasteiger charge is -2.21. The molecule has 2 aromatic rings. The largest absolute Gasteiger partial charge is 0.496 e. The number of nitrogens with one attached hydrogen (secondary N) is 1. The molecule has 2 atom stereocenters. The molecule has 0 saturated carbocycles. The number of esters is 2. The number of amides is 1. The molecule has 0 spiro atoms. The number of methoxy groups -OCH3 is 2. The summed E-state index contributed by atoms with van der Waals surface area (Å²) in [6.45, 7) is 3.24. The van der Waals surface area contributed by atoms with Crippen molar-refractivity contribution >= 4 is 28.6 Å². The van der Waals surface area contributed by atoms with Crippen LogP contribution in [0.15, 0.2) is 36.4 Å². The van der Waals surface area contributed by atoms with Crippen molar-refractivity contribution in [3.63, 3.8) is 0 Å². The van der Waals surface area contributed by atoms with Gasteiger partial charge in [-0.25, -0.2) is 9.59 Å². The Labute approximate surface area is 164 Å². The highest BCUT2D eigenvalue weighted by molar-refractivity contribution is 6.06. The third kappa shape index (κ3) is 4.79. The number of fused-ring (bicyclic) bond motifs is 1. The van der Waals surface area contributed by atoms with Gasteiger partial charge < -0.3 is 19.5 Å². The molecule has 0 aromatic heterocycles. The van der Waals surface area contributed by atoms with Gasteiger partial charge in [-0.2, -0.15) is 0 Å². The van der Waals surface area contributed by atoms with Crippen LogP contribution in [0.1, 0.15) is 30.6 Å². The SMILES string of the molecule is CC[C@H](C)[C@@H](NC(=O)COC(=O)c1ccc(OC)c2ccccc12)C(=O)OC. The average molecular weight is 387 g/mol. The van der Waals surface area contributed by atoms with Gasteiger partial charge in [0.2, 0.25) is 0 Å². The third-order valence-electron chi connectivity index (χ3n) is 4.64. The van der Waals surface area contributed by atoms with E-state index in [0.717, 1.165) is 5.39 Å². The molecule has 2 aromatic carbocycles. The summed E-state index contributed by atoms with van der Waals surface area (Å²) in [5, 5.41) is 4.01. The highest BCUT2D eigenvalue weighted by Crippen LogP contribution is 2.28. The molecule has 0 aliphatic heterocycles. The first-order valence-corrected chi connectivity index (χ1v) is 9.02. The monoisotopic (exact) mass is 387 g/mol. The molecule has 1 N–H and O–H groups in total. The van der Waals surface area contributed by atoms with Crippen LogP contribution in [0.4, 0.5) is 0 Å². The number of ether oxygens (including phenoxy) is 3. The third-order valence-corrected chi connectivity index (χ3v) is 4.64. The summed E-state index contributed by atoms with van der Waals surface area (Å²) in [7, 11) is 2.82. The summed E-state index contributed by atoms with van der Waals surface area (Å²) >= 11 is 0. The number of hydrogen-bond donors (Lipinski definition) is 1. The van der Waals surface area contributed by atoms with Crippen LogP contribution < -0.4 is 10.1 Å². The highest BCUT2D eigenvalue weighted by Gasteiger charge is 2.27. The second kappa shape index (κ2) is 9.73. The topological polar surface area (TPSA) is 90.9 Å². The van der Waals surface area contributed by atoms with Crippen LogP contribution in [0, 0.1) is 5.92 Å². The summed E-state index contributed by atoms with van der Waals surface area (Å²) in [6.07, 6.45) is 0.678. The van der Waals surface area contributed by atoms with E-state index in [4.69, 9.17) is 14.2 Å². The molecule has 7 heteroatoms. The fourth-order valence-electron chi connectivity index (χ4n) is 2.85. The summed E-state index contributed by atoms with van der Waals surface area (Å²) in [5.74, 6) is -1.21. The van der Waals surface area contributed by atoms with Gasteiger partial charge in [0.15, 0.2) is 6.61 Å². The maximum atomic E-state index is 12.5. The molecule has 0 aliphatic carbocycles. The first-order valence-electron chi connectivity index (χ1n) is 9.02. The molecule has 0 unspecified atom stereocenters. The van der Waals surface area contributed by atoms with Crippen molar-refractivity contribution in [2.24, 2.45) is 5.92 Å². The van der Waals surface area contributed by atoms with Crippen LogP contribution in [0.3, 0.4) is 0 Å². The van der Waals surface area contributed by atoms with E-state index < -0.39 is 30.5 Å². The van der Waals surface area contributed by atoms with E-state index in [1.807, 2.05) is 26.0 Å². The van der Waals surface area contributed by atoms with Gasteiger partial charge in [-0.1, -0.05) is 44.5 Å². The Morgan fingerprint density at radius 1 is 1.04 bits per heavy atom. The second-order valence-electron chi connectivity index (χ2n) is 6.39. The molecule has 0 fully saturated rings. The van der Waals surface area contributed by atoms with Gasteiger partial charge >= 0.3 is 11.9 Å². The van der Waals surface area contributed by atoms with Crippen molar-refractivity contribution in [1.82, 2.24) is 5.32 Å². The molecule has 150 valence electrons. The molecule has 0 heterocycles. The molecule has 1 amide bonds. The number of hydrogen-bond acceptors (Lipinski definition) is 6. The predicted octanol–water partition coefficient (Wildman–Crippen LogP) is 2.71. The molecule has 28 heavy (non-hydrogen) atoms. The molecule has 0 aliphatic rings. The minimum atomic E-state index is -0.789. The quantitative estimate of drug-likeness (QED) is 0.701. The summed E-state index contributed by atoms with van der Waals surface area (Å²) < 4.78 is 15.2. The number of carbonyl (C=O) groups excluding carboxylic acids is 3. The van der Waals surface area contributed by atoms with E-state index >= 15 is 0 Å². The van der Waals surface area contributed by atoms with Gasteiger partial charge in [-0.3, -0.25) is 4.79 Å². The first-order chi connectivity index (χ1) is 13.4. The van der Waals surface area contributed by atoms with Crippen LogP contribution in [-0.4, -0.2) is 44.7 Å². The summed E-state index contributed by atoms with van der Waals surface area (Å²) in [5.41, 5.74) is 0.329. The molecular weight excluding hydrogens is 362 g/mol. The smallest absolute Gasteiger partial charge is 0.339 e. The van der Waals surface area contributed by atoms with Gasteiger partial charge in [0, 0.05) is 5.39 Å². The van der Waals surface area contributed by atoms with Gasteiger partial charge in [0.05, 0.1) is 19.8 Å². The zero-order chi connectivity index (χ0) is 20.7. The Morgan fingerprint density at radius 3 is 2.32 bits per heavy atom. The lowest BCUT2D eigenvalue weighted by molar-refractivity contribution is -0.147. The number of benzene rings is 2. The van der Waals surface area contributed by atoms with Crippen molar-refractivity contribution in [1.29, 1.82) is 0 Å². The summed E-state index contributed by atoms with van der Waals surface area (Å²) in [6, 6.07) is 9.75. The Hall–Kier alpha value is -3.09. The molecule has 2 rings (SSSR count). The van der Waals surface area contributed by atoms with Crippen LogP contribution in [0.25, 0.3) is 10.8 Å². The number of carbonyl (C=O) groups is 3. The highest BCUT2D eigenvalue weighted by atomic mass is 16.5. The standard InChI is InChI=1S/C21H25NO6/c1-5-13(2)19(21(25)27-4)22-18(23)12-28-20(24)16-10-11-17(26-3)15-9-7-6-8-14(15)16/h6-11,13,19H,5,12H2,1-4H3,(H,22,23)/t13-,19+/m0/s1. The van der Waals surface area contributed by atoms with E-state index in [1.54, 1.807) is 31.4 Å². The van der Waals surface area contributed by atoms with Crippen LogP contribution in [0.2, 0.25) is 0 Å². The van der Waals surface area contributed by atoms with Crippen molar-refractivity contribution in [3.8, 4) is 5.75 Å². The molecule has 0 bridgehead atoms. The van der Waals surface area contributed by atoms with E-state index in [9.17, 15) is 14.4 Å². The van der Waals surface area contributed by atoms with Gasteiger partial charge in [0.1, 0.15) is 11.8 Å². The lowest BCUT2D eigenvalue weighted by atomic mass is 9.99. The minimum absolute atomic E-state index is 0.113. The Balaban J connectivity index is 2.09. The lowest BCUT2D eigenvalue weighted by Crippen LogP contribution is -2.47. The van der Waals surface area contributed by atoms with Crippen LogP contribution >= 0.6 is 0 Å². The van der Waals surface area contributed by atoms with Gasteiger partial charge in [0.25, 0.3) is 5.91 Å². The Kier molecular flexibility index (Phi) is 7.37.